The average Bonchev–Trinajstić information content (AvgIpc) is 2.40. The van der Waals surface area contributed by atoms with E-state index in [1.807, 2.05) is 13.8 Å². The topological polar surface area (TPSA) is 75.4 Å². The normalized spacial score (nSPS) is 10.1. The number of likely N-dealkylation sites (N-methyl/N-ethyl adjacent to an activating group) is 1. The van der Waals surface area contributed by atoms with Crippen molar-refractivity contribution in [1.29, 1.82) is 0 Å². The van der Waals surface area contributed by atoms with Crippen LogP contribution in [0.1, 0.15) is 24.2 Å². The van der Waals surface area contributed by atoms with E-state index >= 15 is 0 Å². The Kier molecular flexibility index (Phi) is 5.29. The molecule has 19 heavy (non-hydrogen) atoms. The molecule has 0 heterocycles. The number of nitrogens with zero attached hydrogens (tertiary/aromatic N) is 1. The van der Waals surface area contributed by atoms with Crippen LogP contribution in [0, 0.1) is 5.82 Å². The standard InChI is InChI=1S/C13H18FN3O2/c1-3-17(4-2)11(18)8-16-13(19)9-6-5-7-10(14)12(9)15/h5-7H,3-4,8,15H2,1-2H3,(H,16,19). The van der Waals surface area contributed by atoms with Gasteiger partial charge < -0.3 is 16.0 Å². The molecule has 1 rings (SSSR count). The first kappa shape index (κ1) is 14.9. The van der Waals surface area contributed by atoms with E-state index < -0.39 is 11.7 Å². The van der Waals surface area contributed by atoms with Gasteiger partial charge in [0.2, 0.25) is 5.91 Å². The van der Waals surface area contributed by atoms with Gasteiger partial charge in [-0.1, -0.05) is 6.07 Å². The van der Waals surface area contributed by atoms with Gasteiger partial charge in [-0.25, -0.2) is 4.39 Å². The van der Waals surface area contributed by atoms with Crippen LogP contribution in [-0.4, -0.2) is 36.3 Å². The molecule has 2 amide bonds. The molecule has 0 radical (unpaired) electrons. The summed E-state index contributed by atoms with van der Waals surface area (Å²) in [6.45, 7) is 4.73. The van der Waals surface area contributed by atoms with Crippen molar-refractivity contribution in [3.05, 3.63) is 29.6 Å². The number of carbonyl (C=O) groups is 2. The lowest BCUT2D eigenvalue weighted by molar-refractivity contribution is -0.129. The molecule has 1 aromatic carbocycles. The van der Waals surface area contributed by atoms with Crippen LogP contribution in [0.4, 0.5) is 10.1 Å². The van der Waals surface area contributed by atoms with Crippen LogP contribution in [0.15, 0.2) is 18.2 Å². The first-order valence-corrected chi connectivity index (χ1v) is 6.11. The Morgan fingerprint density at radius 3 is 2.53 bits per heavy atom. The Balaban J connectivity index is 2.66. The lowest BCUT2D eigenvalue weighted by atomic mass is 10.1. The zero-order valence-corrected chi connectivity index (χ0v) is 11.1. The third-order valence-corrected chi connectivity index (χ3v) is 2.81. The van der Waals surface area contributed by atoms with Crippen molar-refractivity contribution >= 4 is 17.5 Å². The third-order valence-electron chi connectivity index (χ3n) is 2.81. The highest BCUT2D eigenvalue weighted by Crippen LogP contribution is 2.15. The zero-order chi connectivity index (χ0) is 14.4. The lowest BCUT2D eigenvalue weighted by Crippen LogP contribution is -2.40. The van der Waals surface area contributed by atoms with Crippen molar-refractivity contribution in [2.75, 3.05) is 25.4 Å². The fraction of sp³-hybridized carbons (Fsp3) is 0.385. The number of nitrogen functional groups attached to an aromatic ring is 1. The first-order chi connectivity index (χ1) is 9.01. The van der Waals surface area contributed by atoms with Gasteiger partial charge in [-0.3, -0.25) is 9.59 Å². The first-order valence-electron chi connectivity index (χ1n) is 6.11. The van der Waals surface area contributed by atoms with E-state index in [1.165, 1.54) is 18.2 Å². The predicted molar refractivity (Wildman–Crippen MR) is 71.1 cm³/mol. The number of benzene rings is 1. The Morgan fingerprint density at radius 2 is 1.95 bits per heavy atom. The molecule has 0 saturated carbocycles. The highest BCUT2D eigenvalue weighted by atomic mass is 19.1. The van der Waals surface area contributed by atoms with Crippen molar-refractivity contribution in [3.63, 3.8) is 0 Å². The molecule has 0 bridgehead atoms. The number of hydrogen-bond acceptors (Lipinski definition) is 3. The van der Waals surface area contributed by atoms with Gasteiger partial charge in [-0.05, 0) is 26.0 Å². The third kappa shape index (κ3) is 3.67. The maximum Gasteiger partial charge on any atom is 0.253 e. The molecular formula is C13H18FN3O2. The number of rotatable bonds is 5. The van der Waals surface area contributed by atoms with Crippen LogP contribution in [0.5, 0.6) is 0 Å². The molecule has 0 aliphatic rings. The minimum Gasteiger partial charge on any atom is -0.396 e. The van der Waals surface area contributed by atoms with Gasteiger partial charge in [0.1, 0.15) is 5.82 Å². The number of anilines is 1. The van der Waals surface area contributed by atoms with E-state index in [1.54, 1.807) is 4.90 Å². The molecule has 5 nitrogen and oxygen atoms in total. The molecule has 6 heteroatoms. The smallest absolute Gasteiger partial charge is 0.253 e. The van der Waals surface area contributed by atoms with Crippen molar-refractivity contribution in [3.8, 4) is 0 Å². The molecule has 0 aromatic heterocycles. The van der Waals surface area contributed by atoms with Crippen molar-refractivity contribution in [1.82, 2.24) is 10.2 Å². The monoisotopic (exact) mass is 267 g/mol. The van der Waals surface area contributed by atoms with Gasteiger partial charge in [0.25, 0.3) is 5.91 Å². The van der Waals surface area contributed by atoms with E-state index in [2.05, 4.69) is 5.32 Å². The van der Waals surface area contributed by atoms with Gasteiger partial charge in [0.05, 0.1) is 17.8 Å². The molecule has 0 saturated heterocycles. The zero-order valence-electron chi connectivity index (χ0n) is 11.1. The number of amides is 2. The van der Waals surface area contributed by atoms with Gasteiger partial charge >= 0.3 is 0 Å². The molecule has 3 N–H and O–H groups in total. The van der Waals surface area contributed by atoms with E-state index in [9.17, 15) is 14.0 Å². The molecule has 0 fully saturated rings. The largest absolute Gasteiger partial charge is 0.396 e. The van der Waals surface area contributed by atoms with Crippen LogP contribution >= 0.6 is 0 Å². The molecule has 0 aliphatic carbocycles. The number of halogens is 1. The van der Waals surface area contributed by atoms with Crippen molar-refractivity contribution in [2.24, 2.45) is 0 Å². The summed E-state index contributed by atoms with van der Waals surface area (Å²) < 4.78 is 13.2. The number of nitrogens with two attached hydrogens (primary N) is 1. The summed E-state index contributed by atoms with van der Waals surface area (Å²) in [6.07, 6.45) is 0. The van der Waals surface area contributed by atoms with Gasteiger partial charge in [0.15, 0.2) is 0 Å². The highest BCUT2D eigenvalue weighted by Gasteiger charge is 2.15. The van der Waals surface area contributed by atoms with E-state index in [0.717, 1.165) is 0 Å². The van der Waals surface area contributed by atoms with Gasteiger partial charge in [0, 0.05) is 13.1 Å². The summed E-state index contributed by atoms with van der Waals surface area (Å²) >= 11 is 0. The molecule has 1 aromatic rings. The molecule has 0 aliphatic heterocycles. The van der Waals surface area contributed by atoms with Gasteiger partial charge in [-0.2, -0.15) is 0 Å². The van der Waals surface area contributed by atoms with Crippen LogP contribution in [0.2, 0.25) is 0 Å². The second-order valence-electron chi connectivity index (χ2n) is 3.95. The summed E-state index contributed by atoms with van der Waals surface area (Å²) in [4.78, 5) is 25.1. The number of carbonyl (C=O) groups excluding carboxylic acids is 2. The Hall–Kier alpha value is -2.11. The molecule has 0 unspecified atom stereocenters. The van der Waals surface area contributed by atoms with Crippen LogP contribution < -0.4 is 11.1 Å². The van der Waals surface area contributed by atoms with E-state index in [-0.39, 0.29) is 23.7 Å². The van der Waals surface area contributed by atoms with Crippen molar-refractivity contribution < 1.29 is 14.0 Å². The maximum absolute atomic E-state index is 13.2. The van der Waals surface area contributed by atoms with Crippen LogP contribution in [-0.2, 0) is 4.79 Å². The SMILES string of the molecule is CCN(CC)C(=O)CNC(=O)c1cccc(F)c1N. The summed E-state index contributed by atoms with van der Waals surface area (Å²) in [5.41, 5.74) is 5.29. The Bertz CT molecular complexity index is 473. The Labute approximate surface area is 111 Å². The van der Waals surface area contributed by atoms with Crippen LogP contribution in [0.3, 0.4) is 0 Å². The van der Waals surface area contributed by atoms with Gasteiger partial charge in [-0.15, -0.1) is 0 Å². The summed E-state index contributed by atoms with van der Waals surface area (Å²) in [7, 11) is 0. The number of hydrogen-bond donors (Lipinski definition) is 2. The fourth-order valence-electron chi connectivity index (χ4n) is 1.67. The van der Waals surface area contributed by atoms with E-state index in [0.29, 0.717) is 13.1 Å². The number of nitrogens with one attached hydrogen (secondary N) is 1. The fourth-order valence-corrected chi connectivity index (χ4v) is 1.67. The second kappa shape index (κ2) is 6.72. The predicted octanol–water partition coefficient (Wildman–Crippen LogP) is 1.01. The summed E-state index contributed by atoms with van der Waals surface area (Å²) in [5, 5.41) is 2.44. The molecule has 0 spiro atoms. The number of para-hydroxylation sites is 1. The lowest BCUT2D eigenvalue weighted by Gasteiger charge is -2.18. The quantitative estimate of drug-likeness (QED) is 0.782. The van der Waals surface area contributed by atoms with Crippen molar-refractivity contribution in [2.45, 2.75) is 13.8 Å². The van der Waals surface area contributed by atoms with Crippen LogP contribution in [0.25, 0.3) is 0 Å². The summed E-state index contributed by atoms with van der Waals surface area (Å²) in [5.74, 6) is -1.39. The molecule has 104 valence electrons. The average molecular weight is 267 g/mol. The van der Waals surface area contributed by atoms with E-state index in [4.69, 9.17) is 5.73 Å². The second-order valence-corrected chi connectivity index (χ2v) is 3.95. The minimum atomic E-state index is -0.650. The molecule has 0 atom stereocenters. The molecular weight excluding hydrogens is 249 g/mol. The summed E-state index contributed by atoms with van der Waals surface area (Å²) in [6, 6.07) is 3.98. The maximum atomic E-state index is 13.2. The Morgan fingerprint density at radius 1 is 1.32 bits per heavy atom. The minimum absolute atomic E-state index is 0.0346. The highest BCUT2D eigenvalue weighted by molar-refractivity contribution is 6.00.